The molecule has 0 saturated heterocycles. The number of aliphatic imine (C=N–C) groups is 1. The smallest absolute Gasteiger partial charge is 0.339 e. The minimum absolute atomic E-state index is 0.0128. The Bertz CT molecular complexity index is 408. The van der Waals surface area contributed by atoms with Crippen molar-refractivity contribution in [1.29, 1.82) is 0 Å². The van der Waals surface area contributed by atoms with Gasteiger partial charge in [-0.2, -0.15) is 0 Å². The molecule has 0 aliphatic carbocycles. The normalized spacial score (nSPS) is 12.6. The monoisotopic (exact) mass is 204 g/mol. The van der Waals surface area contributed by atoms with Gasteiger partial charge >= 0.3 is 5.97 Å². The van der Waals surface area contributed by atoms with Crippen molar-refractivity contribution in [3.63, 3.8) is 0 Å². The van der Waals surface area contributed by atoms with E-state index in [4.69, 9.17) is 10.8 Å². The second kappa shape index (κ2) is 4.95. The molecule has 4 nitrogen and oxygen atoms in total. The quantitative estimate of drug-likeness (QED) is 0.581. The van der Waals surface area contributed by atoms with Gasteiger partial charge in [-0.15, -0.1) is 0 Å². The van der Waals surface area contributed by atoms with Crippen molar-refractivity contribution in [2.75, 3.05) is 0 Å². The Balaban J connectivity index is 2.99. The number of aliphatic carboxylic acids is 1. The van der Waals surface area contributed by atoms with E-state index in [2.05, 4.69) is 4.99 Å². The molecule has 1 rings (SSSR count). The molecule has 0 spiro atoms. The highest BCUT2D eigenvalue weighted by atomic mass is 16.4. The molecule has 3 N–H and O–H groups in total. The maximum Gasteiger partial charge on any atom is 0.339 e. The highest BCUT2D eigenvalue weighted by Gasteiger charge is 2.09. The van der Waals surface area contributed by atoms with Crippen molar-refractivity contribution in [2.45, 2.75) is 6.92 Å². The summed E-state index contributed by atoms with van der Waals surface area (Å²) in [5.74, 6) is -1.07. The Morgan fingerprint density at radius 1 is 1.40 bits per heavy atom. The van der Waals surface area contributed by atoms with Crippen molar-refractivity contribution >= 4 is 17.4 Å². The Morgan fingerprint density at radius 2 is 2.00 bits per heavy atom. The van der Waals surface area contributed by atoms with Crippen LogP contribution in [0.25, 0.3) is 0 Å². The van der Waals surface area contributed by atoms with Gasteiger partial charge in [0.15, 0.2) is 0 Å². The third-order valence-electron chi connectivity index (χ3n) is 1.84. The number of nitrogens with zero attached hydrogens (tertiary/aromatic N) is 1. The lowest BCUT2D eigenvalue weighted by molar-refractivity contribution is -0.132. The minimum atomic E-state index is -1.07. The molecule has 0 heterocycles. The van der Waals surface area contributed by atoms with Crippen LogP contribution in [0.5, 0.6) is 0 Å². The van der Waals surface area contributed by atoms with E-state index in [9.17, 15) is 4.79 Å². The van der Waals surface area contributed by atoms with Crippen LogP contribution in [0.2, 0.25) is 0 Å². The van der Waals surface area contributed by atoms with Crippen LogP contribution in [0.15, 0.2) is 47.1 Å². The van der Waals surface area contributed by atoms with Gasteiger partial charge < -0.3 is 10.8 Å². The third kappa shape index (κ3) is 2.95. The molecule has 0 atom stereocenters. The van der Waals surface area contributed by atoms with Crippen molar-refractivity contribution in [3.05, 3.63) is 42.1 Å². The fourth-order valence-electron chi connectivity index (χ4n) is 1.10. The molecular formula is C11H12N2O2. The van der Waals surface area contributed by atoms with E-state index in [1.165, 1.54) is 0 Å². The second-order valence-electron chi connectivity index (χ2n) is 2.92. The van der Waals surface area contributed by atoms with Crippen LogP contribution in [-0.2, 0) is 4.79 Å². The molecule has 1 aromatic rings. The second-order valence-corrected chi connectivity index (χ2v) is 2.92. The zero-order chi connectivity index (χ0) is 11.3. The van der Waals surface area contributed by atoms with Gasteiger partial charge in [0.05, 0.1) is 17.0 Å². The molecule has 78 valence electrons. The van der Waals surface area contributed by atoms with Crippen LogP contribution in [0.4, 0.5) is 5.69 Å². The Labute approximate surface area is 87.8 Å². The van der Waals surface area contributed by atoms with E-state index < -0.39 is 5.97 Å². The number of hydrogen-bond acceptors (Lipinski definition) is 3. The molecule has 4 heteroatoms. The van der Waals surface area contributed by atoms with Gasteiger partial charge in [-0.25, -0.2) is 4.79 Å². The fraction of sp³-hybridized carbons (Fsp3) is 0.0909. The maximum atomic E-state index is 10.7. The highest BCUT2D eigenvalue weighted by Crippen LogP contribution is 2.12. The lowest BCUT2D eigenvalue weighted by atomic mass is 10.2. The molecule has 15 heavy (non-hydrogen) atoms. The lowest BCUT2D eigenvalue weighted by Crippen LogP contribution is -2.11. The van der Waals surface area contributed by atoms with Crippen molar-refractivity contribution in [1.82, 2.24) is 0 Å². The van der Waals surface area contributed by atoms with Gasteiger partial charge in [0.2, 0.25) is 0 Å². The number of rotatable bonds is 3. The largest absolute Gasteiger partial charge is 0.478 e. The SMILES string of the molecule is CC(=Nc1ccccc1)C(=CN)C(=O)O. The first kappa shape index (κ1) is 11.0. The van der Waals surface area contributed by atoms with E-state index in [-0.39, 0.29) is 5.57 Å². The van der Waals surface area contributed by atoms with E-state index in [0.717, 1.165) is 6.20 Å². The minimum Gasteiger partial charge on any atom is -0.478 e. The summed E-state index contributed by atoms with van der Waals surface area (Å²) in [6.45, 7) is 1.61. The number of carboxylic acid groups (broad SMARTS) is 1. The molecule has 0 amide bonds. The molecule has 0 aliphatic rings. The van der Waals surface area contributed by atoms with Gasteiger partial charge in [-0.1, -0.05) is 18.2 Å². The van der Waals surface area contributed by atoms with Gasteiger partial charge in [0, 0.05) is 6.20 Å². The van der Waals surface area contributed by atoms with Crippen molar-refractivity contribution in [2.24, 2.45) is 10.7 Å². The Kier molecular flexibility index (Phi) is 3.62. The summed E-state index contributed by atoms with van der Waals surface area (Å²) in [4.78, 5) is 14.9. The first-order chi connectivity index (χ1) is 7.15. The van der Waals surface area contributed by atoms with Gasteiger partial charge in [-0.3, -0.25) is 4.99 Å². The molecule has 0 fully saturated rings. The first-order valence-electron chi connectivity index (χ1n) is 4.41. The van der Waals surface area contributed by atoms with Crippen LogP contribution < -0.4 is 5.73 Å². The molecule has 0 saturated carbocycles. The highest BCUT2D eigenvalue weighted by molar-refractivity contribution is 6.18. The van der Waals surface area contributed by atoms with Gasteiger partial charge in [0.1, 0.15) is 0 Å². The van der Waals surface area contributed by atoms with Crippen molar-refractivity contribution < 1.29 is 9.90 Å². The standard InChI is InChI=1S/C11H12N2O2/c1-8(10(7-12)11(14)15)13-9-5-3-2-4-6-9/h2-7H,12H2,1H3,(H,14,15). The Morgan fingerprint density at radius 3 is 2.47 bits per heavy atom. The zero-order valence-corrected chi connectivity index (χ0v) is 8.34. The third-order valence-corrected chi connectivity index (χ3v) is 1.84. The summed E-state index contributed by atoms with van der Waals surface area (Å²) in [7, 11) is 0. The van der Waals surface area contributed by atoms with Crippen LogP contribution in [-0.4, -0.2) is 16.8 Å². The van der Waals surface area contributed by atoms with E-state index >= 15 is 0 Å². The lowest BCUT2D eigenvalue weighted by Gasteiger charge is -2.00. The maximum absolute atomic E-state index is 10.7. The number of benzene rings is 1. The summed E-state index contributed by atoms with van der Waals surface area (Å²) >= 11 is 0. The summed E-state index contributed by atoms with van der Waals surface area (Å²) in [5.41, 5.74) is 6.31. The van der Waals surface area contributed by atoms with Gasteiger partial charge in [0.25, 0.3) is 0 Å². The average Bonchev–Trinajstić information content (AvgIpc) is 2.19. The predicted molar refractivity (Wildman–Crippen MR) is 59.1 cm³/mol. The van der Waals surface area contributed by atoms with Crippen LogP contribution in [0.3, 0.4) is 0 Å². The zero-order valence-electron chi connectivity index (χ0n) is 8.34. The molecule has 0 unspecified atom stereocenters. The number of carbonyl (C=O) groups is 1. The number of nitrogens with two attached hydrogens (primary N) is 1. The molecule has 0 aromatic heterocycles. The van der Waals surface area contributed by atoms with Gasteiger partial charge in [-0.05, 0) is 19.1 Å². The van der Waals surface area contributed by atoms with E-state index in [1.54, 1.807) is 19.1 Å². The number of para-hydroxylation sites is 1. The summed E-state index contributed by atoms with van der Waals surface area (Å²) in [5, 5.41) is 8.79. The van der Waals surface area contributed by atoms with E-state index in [0.29, 0.717) is 11.4 Å². The van der Waals surface area contributed by atoms with Crippen LogP contribution >= 0.6 is 0 Å². The van der Waals surface area contributed by atoms with Crippen molar-refractivity contribution in [3.8, 4) is 0 Å². The summed E-state index contributed by atoms with van der Waals surface area (Å²) in [6, 6.07) is 9.11. The number of carboxylic acids is 1. The molecule has 0 bridgehead atoms. The Hall–Kier alpha value is -2.10. The summed E-state index contributed by atoms with van der Waals surface area (Å²) < 4.78 is 0. The van der Waals surface area contributed by atoms with E-state index in [1.807, 2.05) is 18.2 Å². The first-order valence-corrected chi connectivity index (χ1v) is 4.41. The molecule has 1 aromatic carbocycles. The average molecular weight is 204 g/mol. The van der Waals surface area contributed by atoms with Crippen LogP contribution in [0, 0.1) is 0 Å². The predicted octanol–water partition coefficient (Wildman–Crippen LogP) is 1.71. The molecule has 0 aliphatic heterocycles. The van der Waals surface area contributed by atoms with Crippen LogP contribution in [0.1, 0.15) is 6.92 Å². The molecular weight excluding hydrogens is 192 g/mol. The fourth-order valence-corrected chi connectivity index (χ4v) is 1.10. The topological polar surface area (TPSA) is 75.7 Å². The molecule has 0 radical (unpaired) electrons. The number of hydrogen-bond donors (Lipinski definition) is 2. The summed E-state index contributed by atoms with van der Waals surface area (Å²) in [6.07, 6.45) is 1.05.